The Labute approximate surface area is 222 Å². The summed E-state index contributed by atoms with van der Waals surface area (Å²) in [5.41, 5.74) is 3.77. The van der Waals surface area contributed by atoms with Gasteiger partial charge in [-0.2, -0.15) is 0 Å². The minimum absolute atomic E-state index is 0.00267. The first-order valence-corrected chi connectivity index (χ1v) is 13.9. The number of aromatic nitrogens is 2. The zero-order valence-corrected chi connectivity index (χ0v) is 21.7. The Balaban J connectivity index is 1.76. The lowest BCUT2D eigenvalue weighted by molar-refractivity contribution is 0.0707. The molecule has 0 fully saturated rings. The Kier molecular flexibility index (Phi) is 7.05. The Morgan fingerprint density at radius 3 is 2.53 bits per heavy atom. The molecule has 192 valence electrons. The molecule has 11 heteroatoms. The molecule has 1 amide bonds. The number of thiophene rings is 1. The van der Waals surface area contributed by atoms with Crippen LogP contribution >= 0.6 is 11.3 Å². The first-order chi connectivity index (χ1) is 18.4. The van der Waals surface area contributed by atoms with Crippen LogP contribution in [0.4, 0.5) is 11.4 Å². The van der Waals surface area contributed by atoms with Crippen molar-refractivity contribution in [3.63, 3.8) is 0 Å². The van der Waals surface area contributed by atoms with Crippen molar-refractivity contribution in [2.45, 2.75) is 4.90 Å². The van der Waals surface area contributed by atoms with Crippen LogP contribution in [0.15, 0.2) is 95.6 Å². The monoisotopic (exact) mass is 546 g/mol. The van der Waals surface area contributed by atoms with Crippen LogP contribution in [0.25, 0.3) is 21.3 Å². The average Bonchev–Trinajstić information content (AvgIpc) is 3.50. The minimum atomic E-state index is -3.92. The summed E-state index contributed by atoms with van der Waals surface area (Å²) in [6.07, 6.45) is 4.42. The van der Waals surface area contributed by atoms with Crippen LogP contribution in [0.1, 0.15) is 10.4 Å². The second kappa shape index (κ2) is 10.6. The van der Waals surface area contributed by atoms with E-state index in [0.29, 0.717) is 22.3 Å². The number of amides is 1. The van der Waals surface area contributed by atoms with E-state index in [9.17, 15) is 18.4 Å². The predicted octanol–water partition coefficient (Wildman–Crippen LogP) is 5.06. The molecular formula is C27H22N4O5S2. The Bertz CT molecular complexity index is 1690. The van der Waals surface area contributed by atoms with Gasteiger partial charge in [0.1, 0.15) is 11.6 Å². The molecule has 0 aliphatic carbocycles. The fourth-order valence-electron chi connectivity index (χ4n) is 4.17. The fraction of sp³-hybridized carbons (Fsp3) is 0.0741. The molecule has 0 aliphatic heterocycles. The van der Waals surface area contributed by atoms with Crippen molar-refractivity contribution < 1.29 is 23.2 Å². The van der Waals surface area contributed by atoms with E-state index < -0.39 is 21.6 Å². The second-order valence-corrected chi connectivity index (χ2v) is 11.1. The molecular weight excluding hydrogens is 524 g/mol. The summed E-state index contributed by atoms with van der Waals surface area (Å²) in [6.45, 7) is 0. The Morgan fingerprint density at radius 1 is 1.05 bits per heavy atom. The molecule has 2 aromatic carbocycles. The van der Waals surface area contributed by atoms with E-state index >= 15 is 0 Å². The number of ether oxygens (including phenoxy) is 1. The number of rotatable bonds is 8. The van der Waals surface area contributed by atoms with Gasteiger partial charge in [-0.25, -0.2) is 13.9 Å². The second-order valence-electron chi connectivity index (χ2n) is 8.20. The molecule has 0 atom stereocenters. The average molecular weight is 547 g/mol. The highest BCUT2D eigenvalue weighted by Crippen LogP contribution is 2.39. The number of methoxy groups -OCH3 is 1. The number of carbonyl (C=O) groups excluding carboxylic acids is 1. The molecule has 5 aromatic rings. The third kappa shape index (κ3) is 4.82. The van der Waals surface area contributed by atoms with Gasteiger partial charge in [0.05, 0.1) is 40.7 Å². The minimum Gasteiger partial charge on any atom is -0.497 e. The van der Waals surface area contributed by atoms with E-state index in [2.05, 4.69) is 9.97 Å². The van der Waals surface area contributed by atoms with Crippen LogP contribution in [-0.4, -0.2) is 42.5 Å². The maximum absolute atomic E-state index is 13.7. The van der Waals surface area contributed by atoms with E-state index in [0.717, 1.165) is 10.4 Å². The summed E-state index contributed by atoms with van der Waals surface area (Å²) in [5, 5.41) is 12.0. The van der Waals surface area contributed by atoms with Gasteiger partial charge in [0.15, 0.2) is 9.84 Å². The maximum atomic E-state index is 13.7. The number of nitrogens with zero attached hydrogens (tertiary/aromatic N) is 3. The molecule has 0 saturated carbocycles. The summed E-state index contributed by atoms with van der Waals surface area (Å²) in [4.78, 5) is 24.1. The van der Waals surface area contributed by atoms with Gasteiger partial charge < -0.3 is 9.64 Å². The third-order valence-electron chi connectivity index (χ3n) is 5.95. The smallest absolute Gasteiger partial charge is 0.278 e. The predicted molar refractivity (Wildman–Crippen MR) is 146 cm³/mol. The van der Waals surface area contributed by atoms with E-state index in [1.807, 2.05) is 29.6 Å². The van der Waals surface area contributed by atoms with Crippen molar-refractivity contribution >= 4 is 49.4 Å². The van der Waals surface area contributed by atoms with Crippen molar-refractivity contribution in [2.24, 2.45) is 0 Å². The van der Waals surface area contributed by atoms with E-state index in [-0.39, 0.29) is 16.1 Å². The topological polar surface area (TPSA) is 122 Å². The molecule has 0 bridgehead atoms. The summed E-state index contributed by atoms with van der Waals surface area (Å²) >= 11 is 1.54. The van der Waals surface area contributed by atoms with Gasteiger partial charge in [-0.3, -0.25) is 20.0 Å². The first kappa shape index (κ1) is 25.3. The number of para-hydroxylation sites is 1. The quantitative estimate of drug-likeness (QED) is 0.205. The van der Waals surface area contributed by atoms with Crippen LogP contribution in [0, 0.1) is 0 Å². The van der Waals surface area contributed by atoms with Crippen molar-refractivity contribution in [3.8, 4) is 16.2 Å². The van der Waals surface area contributed by atoms with Crippen LogP contribution in [0.5, 0.6) is 5.75 Å². The van der Waals surface area contributed by atoms with Crippen molar-refractivity contribution in [1.29, 1.82) is 0 Å². The molecule has 0 saturated heterocycles. The Hall–Kier alpha value is -4.32. The number of nitrogens with one attached hydrogen (secondary N) is 1. The van der Waals surface area contributed by atoms with E-state index in [4.69, 9.17) is 4.74 Å². The SMILES string of the molecule is COc1ccc(S(=O)(=O)CN(c2cccnc2)c2c(C(=O)NO)cnc3c(-c4cccs4)cccc23)cc1. The lowest BCUT2D eigenvalue weighted by Gasteiger charge is -2.28. The van der Waals surface area contributed by atoms with Gasteiger partial charge in [-0.1, -0.05) is 24.3 Å². The highest BCUT2D eigenvalue weighted by atomic mass is 32.2. The number of sulfone groups is 1. The number of anilines is 2. The summed E-state index contributed by atoms with van der Waals surface area (Å²) < 4.78 is 32.5. The van der Waals surface area contributed by atoms with E-state index in [1.54, 1.807) is 42.0 Å². The van der Waals surface area contributed by atoms with Crippen LogP contribution in [0.2, 0.25) is 0 Å². The highest BCUT2D eigenvalue weighted by Gasteiger charge is 2.28. The van der Waals surface area contributed by atoms with Crippen LogP contribution < -0.4 is 15.1 Å². The van der Waals surface area contributed by atoms with E-state index in [1.165, 1.54) is 47.9 Å². The number of hydrogen-bond acceptors (Lipinski definition) is 9. The molecule has 38 heavy (non-hydrogen) atoms. The number of fused-ring (bicyclic) bond motifs is 1. The maximum Gasteiger partial charge on any atom is 0.278 e. The highest BCUT2D eigenvalue weighted by molar-refractivity contribution is 7.91. The normalized spacial score (nSPS) is 11.3. The summed E-state index contributed by atoms with van der Waals surface area (Å²) in [6, 6.07) is 18.9. The molecule has 3 aromatic heterocycles. The summed E-state index contributed by atoms with van der Waals surface area (Å²) in [7, 11) is -2.42. The Morgan fingerprint density at radius 2 is 1.87 bits per heavy atom. The van der Waals surface area contributed by atoms with Gasteiger partial charge in [0, 0.05) is 28.2 Å². The number of hydrogen-bond donors (Lipinski definition) is 2. The molecule has 0 spiro atoms. The zero-order chi connectivity index (χ0) is 26.7. The summed E-state index contributed by atoms with van der Waals surface area (Å²) in [5.74, 6) is -0.818. The molecule has 9 nitrogen and oxygen atoms in total. The van der Waals surface area contributed by atoms with Gasteiger partial charge in [0.2, 0.25) is 0 Å². The van der Waals surface area contributed by atoms with Gasteiger partial charge in [0.25, 0.3) is 5.91 Å². The van der Waals surface area contributed by atoms with Crippen molar-refractivity contribution in [3.05, 3.63) is 96.3 Å². The largest absolute Gasteiger partial charge is 0.497 e. The number of benzene rings is 2. The molecule has 3 heterocycles. The third-order valence-corrected chi connectivity index (χ3v) is 8.44. The van der Waals surface area contributed by atoms with Gasteiger partial charge in [-0.15, -0.1) is 11.3 Å². The van der Waals surface area contributed by atoms with Gasteiger partial charge >= 0.3 is 0 Å². The fourth-order valence-corrected chi connectivity index (χ4v) is 6.24. The standard InChI is InChI=1S/C27H22N4O5S2/c1-36-19-9-11-20(12-10-19)38(34,35)17-31(18-5-3-13-28-15-18)26-22-7-2-6-21(24-8-4-14-37-24)25(22)29-16-23(26)27(32)30-33/h2-16,33H,17H2,1H3,(H,30,32). The molecule has 0 unspecified atom stereocenters. The first-order valence-electron chi connectivity index (χ1n) is 11.4. The number of pyridine rings is 2. The molecule has 0 radical (unpaired) electrons. The molecule has 5 rings (SSSR count). The number of hydroxylamine groups is 1. The molecule has 0 aliphatic rings. The van der Waals surface area contributed by atoms with Crippen LogP contribution in [-0.2, 0) is 9.84 Å². The lowest BCUT2D eigenvalue weighted by atomic mass is 10.0. The lowest BCUT2D eigenvalue weighted by Crippen LogP contribution is -2.29. The van der Waals surface area contributed by atoms with Crippen LogP contribution in [0.3, 0.4) is 0 Å². The molecule has 2 N–H and O–H groups in total. The van der Waals surface area contributed by atoms with Crippen molar-refractivity contribution in [1.82, 2.24) is 15.4 Å². The van der Waals surface area contributed by atoms with Crippen molar-refractivity contribution in [2.75, 3.05) is 17.9 Å². The number of carbonyl (C=O) groups is 1. The van der Waals surface area contributed by atoms with Gasteiger partial charge in [-0.05, 0) is 47.8 Å². The zero-order valence-electron chi connectivity index (χ0n) is 20.1.